The fraction of sp³-hybridized carbons (Fsp3) is 0.154. The zero-order valence-electron chi connectivity index (χ0n) is 11.9. The summed E-state index contributed by atoms with van der Waals surface area (Å²) in [6, 6.07) is 3.86. The average molecular weight is 336 g/mol. The molecule has 0 aliphatic heterocycles. The molecule has 0 bridgehead atoms. The van der Waals surface area contributed by atoms with Crippen LogP contribution >= 0.6 is 11.3 Å². The molecule has 3 N–H and O–H groups in total. The third kappa shape index (κ3) is 4.23. The average Bonchev–Trinajstić information content (AvgIpc) is 2.96. The molecule has 0 saturated heterocycles. The van der Waals surface area contributed by atoms with Gasteiger partial charge in [0.05, 0.1) is 12.2 Å². The Morgan fingerprint density at radius 2 is 2.04 bits per heavy atom. The molecule has 23 heavy (non-hydrogen) atoms. The summed E-state index contributed by atoms with van der Waals surface area (Å²) in [6.07, 6.45) is -0.872. The fourth-order valence-corrected chi connectivity index (χ4v) is 2.33. The molecule has 2 aromatic rings. The van der Waals surface area contributed by atoms with E-state index in [1.807, 2.05) is 5.32 Å². The first kappa shape index (κ1) is 16.4. The number of ether oxygens (including phenoxy) is 1. The lowest BCUT2D eigenvalue weighted by atomic mass is 10.3. The number of carbonyl (C=O) groups is 3. The molecule has 120 valence electrons. The molecule has 9 nitrogen and oxygen atoms in total. The molecule has 0 saturated carbocycles. The number of H-pyrrole nitrogens is 1. The van der Waals surface area contributed by atoms with Gasteiger partial charge in [0.1, 0.15) is 10.7 Å². The Morgan fingerprint density at radius 3 is 2.70 bits per heavy atom. The van der Waals surface area contributed by atoms with Crippen molar-refractivity contribution in [1.29, 1.82) is 0 Å². The highest BCUT2D eigenvalue weighted by atomic mass is 32.1. The summed E-state index contributed by atoms with van der Waals surface area (Å²) in [6.45, 7) is 1.74. The number of hydrogen-bond donors (Lipinski definition) is 3. The van der Waals surface area contributed by atoms with Gasteiger partial charge in [-0.2, -0.15) is 5.10 Å². The molecule has 2 rings (SSSR count). The molecule has 2 aromatic heterocycles. The Balaban J connectivity index is 2.10. The maximum Gasteiger partial charge on any atom is 0.414 e. The highest BCUT2D eigenvalue weighted by molar-refractivity contribution is 7.14. The number of nitrogens with one attached hydrogen (secondary N) is 3. The molecular weight excluding hydrogens is 324 g/mol. The molecule has 2 heterocycles. The number of carbonyl (C=O) groups excluding carboxylic acids is 3. The zero-order valence-corrected chi connectivity index (χ0v) is 12.7. The number of thiophene rings is 1. The number of anilines is 1. The number of imide groups is 1. The van der Waals surface area contributed by atoms with E-state index in [4.69, 9.17) is 0 Å². The summed E-state index contributed by atoms with van der Waals surface area (Å²) in [4.78, 5) is 46.1. The Hall–Kier alpha value is -3.01. The Bertz CT molecular complexity index is 777. The van der Waals surface area contributed by atoms with Crippen molar-refractivity contribution in [2.45, 2.75) is 6.92 Å². The van der Waals surface area contributed by atoms with E-state index in [9.17, 15) is 19.2 Å². The van der Waals surface area contributed by atoms with Crippen LogP contribution in [0.3, 0.4) is 0 Å². The van der Waals surface area contributed by atoms with Crippen LogP contribution in [0.25, 0.3) is 0 Å². The Morgan fingerprint density at radius 1 is 1.26 bits per heavy atom. The molecule has 0 spiro atoms. The first-order valence-corrected chi connectivity index (χ1v) is 7.32. The molecular formula is C13H12N4O5S. The molecule has 0 aliphatic carbocycles. The fourth-order valence-electron chi connectivity index (χ4n) is 1.55. The van der Waals surface area contributed by atoms with Gasteiger partial charge in [0.25, 0.3) is 17.4 Å². The first-order chi connectivity index (χ1) is 11.0. The zero-order chi connectivity index (χ0) is 16.8. The second-order valence-electron chi connectivity index (χ2n) is 4.10. The van der Waals surface area contributed by atoms with Crippen LogP contribution in [0.5, 0.6) is 0 Å². The summed E-state index contributed by atoms with van der Waals surface area (Å²) in [5.74, 6) is -1.30. The molecule has 0 unspecified atom stereocenters. The van der Waals surface area contributed by atoms with Gasteiger partial charge >= 0.3 is 6.09 Å². The summed E-state index contributed by atoms with van der Waals surface area (Å²) in [5.41, 5.74) is -0.345. The van der Waals surface area contributed by atoms with Crippen LogP contribution < -0.4 is 16.2 Å². The molecule has 0 aliphatic rings. The Labute approximate surface area is 133 Å². The smallest absolute Gasteiger partial charge is 0.414 e. The monoisotopic (exact) mass is 336 g/mol. The van der Waals surface area contributed by atoms with E-state index >= 15 is 0 Å². The quantitative estimate of drug-likeness (QED) is 0.762. The van der Waals surface area contributed by atoms with E-state index in [1.54, 1.807) is 12.3 Å². The van der Waals surface area contributed by atoms with Crippen LogP contribution in [0, 0.1) is 0 Å². The van der Waals surface area contributed by atoms with E-state index in [-0.39, 0.29) is 22.9 Å². The van der Waals surface area contributed by atoms with Crippen molar-refractivity contribution < 1.29 is 19.1 Å². The standard InChI is InChI=1S/C13H12N4O5S/c1-2-22-13(21)15-10(19)7-5-6-23-12(7)14-11(20)8-3-4-9(18)17-16-8/h3-6H,2H2,1H3,(H,14,20)(H,17,18)(H,15,19,21). The summed E-state index contributed by atoms with van der Waals surface area (Å²) < 4.78 is 4.61. The SMILES string of the molecule is CCOC(=O)NC(=O)c1ccsc1NC(=O)c1ccc(=O)[nH]n1. The summed E-state index contributed by atoms with van der Waals surface area (Å²) in [5, 5.41) is 12.1. The van der Waals surface area contributed by atoms with Gasteiger partial charge in [-0.1, -0.05) is 0 Å². The van der Waals surface area contributed by atoms with Crippen LogP contribution in [0.1, 0.15) is 27.8 Å². The van der Waals surface area contributed by atoms with Gasteiger partial charge in [0, 0.05) is 6.07 Å². The third-order valence-electron chi connectivity index (χ3n) is 2.54. The lowest BCUT2D eigenvalue weighted by Crippen LogP contribution is -2.31. The molecule has 0 fully saturated rings. The number of amides is 3. The van der Waals surface area contributed by atoms with Crippen molar-refractivity contribution in [2.24, 2.45) is 0 Å². The first-order valence-electron chi connectivity index (χ1n) is 6.44. The topological polar surface area (TPSA) is 130 Å². The van der Waals surface area contributed by atoms with Crippen molar-refractivity contribution in [3.05, 3.63) is 45.2 Å². The molecule has 0 atom stereocenters. The van der Waals surface area contributed by atoms with Gasteiger partial charge in [-0.15, -0.1) is 11.3 Å². The van der Waals surface area contributed by atoms with Crippen LogP contribution in [0.15, 0.2) is 28.4 Å². The lowest BCUT2D eigenvalue weighted by Gasteiger charge is -2.06. The predicted molar refractivity (Wildman–Crippen MR) is 81.6 cm³/mol. The van der Waals surface area contributed by atoms with E-state index in [2.05, 4.69) is 20.3 Å². The molecule has 0 radical (unpaired) electrons. The van der Waals surface area contributed by atoms with E-state index in [0.717, 1.165) is 17.4 Å². The van der Waals surface area contributed by atoms with Crippen LogP contribution in [-0.2, 0) is 4.74 Å². The van der Waals surface area contributed by atoms with E-state index in [0.29, 0.717) is 0 Å². The van der Waals surface area contributed by atoms with Crippen molar-refractivity contribution in [3.63, 3.8) is 0 Å². The van der Waals surface area contributed by atoms with Gasteiger partial charge in [0.2, 0.25) is 0 Å². The van der Waals surface area contributed by atoms with Crippen molar-refractivity contribution in [3.8, 4) is 0 Å². The van der Waals surface area contributed by atoms with E-state index in [1.165, 1.54) is 12.1 Å². The third-order valence-corrected chi connectivity index (χ3v) is 3.37. The summed E-state index contributed by atoms with van der Waals surface area (Å²) >= 11 is 1.10. The van der Waals surface area contributed by atoms with Crippen molar-refractivity contribution >= 4 is 34.2 Å². The predicted octanol–water partition coefficient (Wildman–Crippen LogP) is 0.970. The van der Waals surface area contributed by atoms with Crippen LogP contribution in [0.4, 0.5) is 9.80 Å². The molecule has 0 aromatic carbocycles. The second-order valence-corrected chi connectivity index (χ2v) is 5.01. The number of nitrogens with zero attached hydrogens (tertiary/aromatic N) is 1. The molecule has 10 heteroatoms. The highest BCUT2D eigenvalue weighted by Crippen LogP contribution is 2.23. The second kappa shape index (κ2) is 7.31. The Kier molecular flexibility index (Phi) is 5.20. The lowest BCUT2D eigenvalue weighted by molar-refractivity contribution is 0.0926. The van der Waals surface area contributed by atoms with E-state index < -0.39 is 23.5 Å². The highest BCUT2D eigenvalue weighted by Gasteiger charge is 2.18. The largest absolute Gasteiger partial charge is 0.450 e. The van der Waals surface area contributed by atoms with Gasteiger partial charge in [-0.05, 0) is 24.4 Å². The number of aromatic amines is 1. The van der Waals surface area contributed by atoms with Gasteiger partial charge in [-0.3, -0.25) is 19.7 Å². The summed E-state index contributed by atoms with van der Waals surface area (Å²) in [7, 11) is 0. The van der Waals surface area contributed by atoms with Crippen molar-refractivity contribution in [1.82, 2.24) is 15.5 Å². The number of rotatable bonds is 4. The van der Waals surface area contributed by atoms with Crippen LogP contribution in [0.2, 0.25) is 0 Å². The molecule has 3 amide bonds. The van der Waals surface area contributed by atoms with Gasteiger partial charge in [0.15, 0.2) is 0 Å². The minimum absolute atomic E-state index is 0.0187. The number of aromatic nitrogens is 2. The number of hydrogen-bond acceptors (Lipinski definition) is 7. The van der Waals surface area contributed by atoms with Gasteiger partial charge < -0.3 is 10.1 Å². The minimum atomic E-state index is -0.872. The minimum Gasteiger partial charge on any atom is -0.450 e. The number of alkyl carbamates (subject to hydrolysis) is 1. The van der Waals surface area contributed by atoms with Crippen LogP contribution in [-0.4, -0.2) is 34.7 Å². The maximum atomic E-state index is 12.0. The van der Waals surface area contributed by atoms with Crippen molar-refractivity contribution in [2.75, 3.05) is 11.9 Å². The normalized spacial score (nSPS) is 9.96. The maximum absolute atomic E-state index is 12.0. The van der Waals surface area contributed by atoms with Gasteiger partial charge in [-0.25, -0.2) is 9.89 Å².